The summed E-state index contributed by atoms with van der Waals surface area (Å²) in [6.07, 6.45) is 4.43. The molecule has 5 heteroatoms. The molecule has 1 saturated heterocycles. The van der Waals surface area contributed by atoms with Gasteiger partial charge in [-0.05, 0) is 33.6 Å². The van der Waals surface area contributed by atoms with Gasteiger partial charge in [0.2, 0.25) is 0 Å². The van der Waals surface area contributed by atoms with Gasteiger partial charge in [-0.3, -0.25) is 0 Å². The number of nitrogens with zero attached hydrogens (tertiary/aromatic N) is 1. The zero-order valence-corrected chi connectivity index (χ0v) is 15.1. The fourth-order valence-electron chi connectivity index (χ4n) is 2.96. The zero-order chi connectivity index (χ0) is 16.8. The monoisotopic (exact) mass is 314 g/mol. The summed E-state index contributed by atoms with van der Waals surface area (Å²) in [5.41, 5.74) is -0.460. The lowest BCUT2D eigenvalue weighted by atomic mass is 10.0. The lowest BCUT2D eigenvalue weighted by molar-refractivity contribution is 0.0252. The molecule has 1 rings (SSSR count). The minimum absolute atomic E-state index is 0.0312. The van der Waals surface area contributed by atoms with Gasteiger partial charge < -0.3 is 19.7 Å². The highest BCUT2D eigenvalue weighted by Gasteiger charge is 2.37. The maximum Gasteiger partial charge on any atom is 0.410 e. The quantitative estimate of drug-likeness (QED) is 0.784. The van der Waals surface area contributed by atoms with Crippen LogP contribution < -0.4 is 5.32 Å². The van der Waals surface area contributed by atoms with Gasteiger partial charge in [-0.25, -0.2) is 4.79 Å². The predicted molar refractivity (Wildman–Crippen MR) is 89.1 cm³/mol. The van der Waals surface area contributed by atoms with E-state index in [1.807, 2.05) is 20.8 Å². The van der Waals surface area contributed by atoms with Gasteiger partial charge in [0, 0.05) is 19.7 Å². The first kappa shape index (κ1) is 19.2. The Balaban J connectivity index is 2.62. The molecule has 0 saturated carbocycles. The van der Waals surface area contributed by atoms with Crippen molar-refractivity contribution in [1.29, 1.82) is 0 Å². The largest absolute Gasteiger partial charge is 0.444 e. The second-order valence-electron chi connectivity index (χ2n) is 7.21. The number of likely N-dealkylation sites (tertiary alicyclic amines) is 1. The zero-order valence-electron chi connectivity index (χ0n) is 15.1. The summed E-state index contributed by atoms with van der Waals surface area (Å²) in [4.78, 5) is 14.0. The number of rotatable bonds is 7. The number of carbonyl (C=O) groups is 1. The van der Waals surface area contributed by atoms with Crippen molar-refractivity contribution in [1.82, 2.24) is 10.2 Å². The Morgan fingerprint density at radius 2 is 1.82 bits per heavy atom. The van der Waals surface area contributed by atoms with Crippen LogP contribution in [0.4, 0.5) is 4.79 Å². The number of hydrogen-bond acceptors (Lipinski definition) is 4. The van der Waals surface area contributed by atoms with E-state index in [0.717, 1.165) is 25.7 Å². The van der Waals surface area contributed by atoms with Crippen molar-refractivity contribution in [3.05, 3.63) is 0 Å². The molecule has 0 aromatic heterocycles. The van der Waals surface area contributed by atoms with Crippen molar-refractivity contribution in [3.63, 3.8) is 0 Å². The fraction of sp³-hybridized carbons (Fsp3) is 0.941. The van der Waals surface area contributed by atoms with E-state index in [1.165, 1.54) is 0 Å². The lowest BCUT2D eigenvalue weighted by Gasteiger charge is -2.26. The van der Waals surface area contributed by atoms with Gasteiger partial charge >= 0.3 is 6.09 Å². The molecule has 1 aliphatic heterocycles. The second kappa shape index (κ2) is 8.73. The first-order valence-corrected chi connectivity index (χ1v) is 8.57. The third-order valence-electron chi connectivity index (χ3n) is 3.94. The molecule has 0 spiro atoms. The molecular weight excluding hydrogens is 280 g/mol. The van der Waals surface area contributed by atoms with Crippen LogP contribution in [0.2, 0.25) is 0 Å². The summed E-state index contributed by atoms with van der Waals surface area (Å²) < 4.78 is 11.0. The number of methoxy groups -OCH3 is 1. The van der Waals surface area contributed by atoms with Crippen molar-refractivity contribution in [2.45, 2.75) is 84.1 Å². The molecule has 1 unspecified atom stereocenters. The van der Waals surface area contributed by atoms with Crippen LogP contribution in [0.3, 0.4) is 0 Å². The Labute approximate surface area is 135 Å². The van der Waals surface area contributed by atoms with Crippen LogP contribution >= 0.6 is 0 Å². The van der Waals surface area contributed by atoms with Crippen LogP contribution in [0, 0.1) is 0 Å². The summed E-state index contributed by atoms with van der Waals surface area (Å²) >= 11 is 0. The normalized spacial score (nSPS) is 22.4. The van der Waals surface area contributed by atoms with Crippen LogP contribution in [-0.2, 0) is 9.47 Å². The Bertz CT molecular complexity index is 335. The molecule has 1 aliphatic rings. The summed E-state index contributed by atoms with van der Waals surface area (Å²) in [6, 6.07) is 0.678. The minimum atomic E-state index is -0.460. The van der Waals surface area contributed by atoms with E-state index >= 15 is 0 Å². The molecule has 22 heavy (non-hydrogen) atoms. The Hall–Kier alpha value is -0.810. The third-order valence-corrected chi connectivity index (χ3v) is 3.94. The first-order chi connectivity index (χ1) is 10.3. The van der Waals surface area contributed by atoms with E-state index in [-0.39, 0.29) is 18.2 Å². The predicted octanol–water partition coefficient (Wildman–Crippen LogP) is 3.18. The summed E-state index contributed by atoms with van der Waals surface area (Å²) in [6.45, 7) is 11.3. The molecule has 1 amide bonds. The molecule has 0 aromatic carbocycles. The van der Waals surface area contributed by atoms with E-state index in [2.05, 4.69) is 19.2 Å². The van der Waals surface area contributed by atoms with Gasteiger partial charge in [-0.1, -0.05) is 26.7 Å². The Kier molecular flexibility index (Phi) is 7.63. The molecule has 0 radical (unpaired) electrons. The topological polar surface area (TPSA) is 50.8 Å². The van der Waals surface area contributed by atoms with Gasteiger partial charge in [0.05, 0.1) is 18.7 Å². The minimum Gasteiger partial charge on any atom is -0.444 e. The Morgan fingerprint density at radius 1 is 1.23 bits per heavy atom. The molecular formula is C17H34N2O3. The molecule has 2 atom stereocenters. The third kappa shape index (κ3) is 6.13. The van der Waals surface area contributed by atoms with Crippen molar-refractivity contribution in [2.75, 3.05) is 20.2 Å². The van der Waals surface area contributed by atoms with Crippen LogP contribution in [0.5, 0.6) is 0 Å². The van der Waals surface area contributed by atoms with Crippen LogP contribution in [0.15, 0.2) is 0 Å². The molecule has 0 aliphatic carbocycles. The summed E-state index contributed by atoms with van der Waals surface area (Å²) in [5, 5.41) is 3.69. The molecule has 5 nitrogen and oxygen atoms in total. The second-order valence-corrected chi connectivity index (χ2v) is 7.21. The number of amides is 1. The fourth-order valence-corrected chi connectivity index (χ4v) is 2.96. The average Bonchev–Trinajstić information content (AvgIpc) is 2.80. The molecule has 1 fully saturated rings. The number of nitrogens with one attached hydrogen (secondary N) is 1. The van der Waals surface area contributed by atoms with E-state index in [4.69, 9.17) is 9.47 Å². The number of hydrogen-bond donors (Lipinski definition) is 1. The van der Waals surface area contributed by atoms with E-state index in [9.17, 15) is 4.79 Å². The van der Waals surface area contributed by atoms with Crippen LogP contribution in [0.25, 0.3) is 0 Å². The maximum atomic E-state index is 12.2. The van der Waals surface area contributed by atoms with Crippen LogP contribution in [0.1, 0.15) is 60.3 Å². The van der Waals surface area contributed by atoms with E-state index < -0.39 is 5.60 Å². The molecule has 0 bridgehead atoms. The highest BCUT2D eigenvalue weighted by atomic mass is 16.6. The molecule has 130 valence electrons. The van der Waals surface area contributed by atoms with Crippen molar-refractivity contribution >= 4 is 6.09 Å². The van der Waals surface area contributed by atoms with Gasteiger partial charge in [0.1, 0.15) is 5.60 Å². The molecule has 0 aromatic rings. The first-order valence-electron chi connectivity index (χ1n) is 8.57. The maximum absolute atomic E-state index is 12.2. The lowest BCUT2D eigenvalue weighted by Crippen LogP contribution is -2.46. The number of ether oxygens (including phenoxy) is 2. The van der Waals surface area contributed by atoms with Gasteiger partial charge in [0.25, 0.3) is 0 Å². The summed E-state index contributed by atoms with van der Waals surface area (Å²) in [5.74, 6) is 0. The van der Waals surface area contributed by atoms with Crippen molar-refractivity contribution in [2.24, 2.45) is 0 Å². The summed E-state index contributed by atoms with van der Waals surface area (Å²) in [7, 11) is 1.71. The smallest absolute Gasteiger partial charge is 0.410 e. The van der Waals surface area contributed by atoms with Gasteiger partial charge in [-0.2, -0.15) is 0 Å². The highest BCUT2D eigenvalue weighted by molar-refractivity contribution is 5.68. The molecule has 1 heterocycles. The standard InChI is InChI=1S/C17H34N2O3/c1-7-9-13(10-8-2)18-14-11-19(12-15(14)21-6)16(20)22-17(3,4)5/h13-15,18H,7-12H2,1-6H3/t14?,15-/m0/s1. The highest BCUT2D eigenvalue weighted by Crippen LogP contribution is 2.19. The van der Waals surface area contributed by atoms with Crippen molar-refractivity contribution < 1.29 is 14.3 Å². The van der Waals surface area contributed by atoms with Gasteiger partial charge in [-0.15, -0.1) is 0 Å². The SMILES string of the molecule is CCCC(CCC)NC1CN(C(=O)OC(C)(C)C)C[C@@H]1OC. The molecule has 1 N–H and O–H groups in total. The van der Waals surface area contributed by atoms with E-state index in [1.54, 1.807) is 12.0 Å². The van der Waals surface area contributed by atoms with Crippen LogP contribution in [-0.4, -0.2) is 55.0 Å². The van der Waals surface area contributed by atoms with Gasteiger partial charge in [0.15, 0.2) is 0 Å². The Morgan fingerprint density at radius 3 is 2.27 bits per heavy atom. The number of carbonyl (C=O) groups excluding carboxylic acids is 1. The van der Waals surface area contributed by atoms with E-state index in [0.29, 0.717) is 19.1 Å². The van der Waals surface area contributed by atoms with Crippen molar-refractivity contribution in [3.8, 4) is 0 Å². The average molecular weight is 314 g/mol.